The van der Waals surface area contributed by atoms with E-state index in [0.717, 1.165) is 15.8 Å². The molecule has 3 heterocycles. The smallest absolute Gasteiger partial charge is 0.338 e. The minimum absolute atomic E-state index is 0.148. The lowest BCUT2D eigenvalue weighted by Crippen LogP contribution is -2.40. The molecule has 4 aromatic rings. The maximum atomic E-state index is 14.2. The van der Waals surface area contributed by atoms with E-state index in [4.69, 9.17) is 14.5 Å². The Balaban J connectivity index is 1.72. The van der Waals surface area contributed by atoms with Gasteiger partial charge in [0.25, 0.3) is 11.5 Å². The predicted molar refractivity (Wildman–Crippen MR) is 156 cm³/mol. The van der Waals surface area contributed by atoms with E-state index in [1.165, 1.54) is 4.57 Å². The second kappa shape index (κ2) is 10.4. The van der Waals surface area contributed by atoms with E-state index in [0.29, 0.717) is 38.6 Å². The van der Waals surface area contributed by atoms with E-state index in [2.05, 4.69) is 21.2 Å². The van der Waals surface area contributed by atoms with E-state index in [1.54, 1.807) is 44.4 Å². The molecular formula is C30H22BrN3O5S. The van der Waals surface area contributed by atoms with Gasteiger partial charge >= 0.3 is 5.97 Å². The molecule has 0 spiro atoms. The van der Waals surface area contributed by atoms with Crippen LogP contribution in [0.25, 0.3) is 11.3 Å². The number of methoxy groups -OCH3 is 1. The number of esters is 1. The van der Waals surface area contributed by atoms with Crippen LogP contribution in [0, 0.1) is 0 Å². The molecule has 200 valence electrons. The number of halogens is 1. The third kappa shape index (κ3) is 4.29. The number of hydrogen-bond donors (Lipinski definition) is 1. The number of fused-ring (bicyclic) bond motifs is 2. The summed E-state index contributed by atoms with van der Waals surface area (Å²) >= 11 is 4.58. The predicted octanol–water partition coefficient (Wildman–Crippen LogP) is 4.03. The van der Waals surface area contributed by atoms with Crippen LogP contribution in [0.4, 0.5) is 5.69 Å². The van der Waals surface area contributed by atoms with Crippen molar-refractivity contribution < 1.29 is 19.1 Å². The van der Waals surface area contributed by atoms with Gasteiger partial charge in [0.05, 0.1) is 36.6 Å². The van der Waals surface area contributed by atoms with Gasteiger partial charge in [0.2, 0.25) is 0 Å². The normalized spacial score (nSPS) is 17.1. The largest absolute Gasteiger partial charge is 0.497 e. The number of hydrogen-bond acceptors (Lipinski definition) is 7. The number of ether oxygens (including phenoxy) is 2. The first-order valence-corrected chi connectivity index (χ1v) is 14.1. The summed E-state index contributed by atoms with van der Waals surface area (Å²) in [7, 11) is 1.55. The molecule has 1 N–H and O–H groups in total. The fourth-order valence-electron chi connectivity index (χ4n) is 4.98. The zero-order valence-electron chi connectivity index (χ0n) is 21.4. The molecule has 0 unspecified atom stereocenters. The summed E-state index contributed by atoms with van der Waals surface area (Å²) in [6, 6.07) is 21.1. The number of nitrogens with one attached hydrogen (secondary N) is 1. The minimum atomic E-state index is -0.874. The summed E-state index contributed by atoms with van der Waals surface area (Å²) in [4.78, 5) is 46.2. The molecule has 0 saturated heterocycles. The highest BCUT2D eigenvalue weighted by atomic mass is 79.9. The van der Waals surface area contributed by atoms with Crippen LogP contribution >= 0.6 is 27.3 Å². The highest BCUT2D eigenvalue weighted by Crippen LogP contribution is 2.37. The van der Waals surface area contributed by atoms with E-state index >= 15 is 0 Å². The van der Waals surface area contributed by atoms with Gasteiger partial charge in [-0.25, -0.2) is 9.79 Å². The standard InChI is InChI=1S/C30H22BrN3O5S/c1-3-39-29(37)23-24(16-8-5-4-6-9-16)33-30-34(25(23)17-10-7-11-19(14-17)38-2)28(36)26(40-30)22-20-15-18(31)12-13-21(20)32-27(22)35/h4-15,25H,3H2,1-2H3,(H,32,35)/b26-22-/t25-/m1/s1. The number of benzene rings is 3. The molecule has 0 fully saturated rings. The number of amides is 1. The summed E-state index contributed by atoms with van der Waals surface area (Å²) in [5, 5.41) is 2.85. The monoisotopic (exact) mass is 615 g/mol. The lowest BCUT2D eigenvalue weighted by molar-refractivity contribution is -0.138. The molecule has 10 heteroatoms. The number of thiazole rings is 1. The number of carbonyl (C=O) groups is 2. The van der Waals surface area contributed by atoms with Crippen molar-refractivity contribution in [3.05, 3.63) is 119 Å². The van der Waals surface area contributed by atoms with Crippen LogP contribution in [0.1, 0.15) is 29.7 Å². The Hall–Kier alpha value is -4.28. The summed E-state index contributed by atoms with van der Waals surface area (Å²) < 4.78 is 13.5. The summed E-state index contributed by atoms with van der Waals surface area (Å²) in [5.41, 5.74) is 3.06. The lowest BCUT2D eigenvalue weighted by atomic mass is 9.93. The fraction of sp³-hybridized carbons (Fsp3) is 0.133. The van der Waals surface area contributed by atoms with Crippen molar-refractivity contribution in [3.8, 4) is 5.75 Å². The highest BCUT2D eigenvalue weighted by molar-refractivity contribution is 9.10. The van der Waals surface area contributed by atoms with Crippen molar-refractivity contribution in [2.45, 2.75) is 13.0 Å². The maximum absolute atomic E-state index is 14.2. The average molecular weight is 616 g/mol. The van der Waals surface area contributed by atoms with Crippen LogP contribution < -0.4 is 24.9 Å². The molecule has 0 aliphatic carbocycles. The van der Waals surface area contributed by atoms with Gasteiger partial charge in [-0.2, -0.15) is 0 Å². The van der Waals surface area contributed by atoms with E-state index in [9.17, 15) is 14.4 Å². The molecule has 8 nitrogen and oxygen atoms in total. The van der Waals surface area contributed by atoms with Gasteiger partial charge in [0, 0.05) is 21.3 Å². The lowest BCUT2D eigenvalue weighted by Gasteiger charge is -2.26. The molecule has 3 aromatic carbocycles. The first-order valence-electron chi connectivity index (χ1n) is 12.5. The number of nitrogens with zero attached hydrogens (tertiary/aromatic N) is 2. The average Bonchev–Trinajstić information content (AvgIpc) is 3.46. The quantitative estimate of drug-likeness (QED) is 0.342. The zero-order chi connectivity index (χ0) is 28.0. The Morgan fingerprint density at radius 1 is 1.07 bits per heavy atom. The van der Waals surface area contributed by atoms with Crippen molar-refractivity contribution in [1.82, 2.24) is 4.57 Å². The Kier molecular flexibility index (Phi) is 6.73. The molecule has 1 amide bonds. The number of aromatic nitrogens is 1. The van der Waals surface area contributed by atoms with Crippen LogP contribution in [0.5, 0.6) is 5.75 Å². The van der Waals surface area contributed by atoms with Crippen molar-refractivity contribution in [1.29, 1.82) is 0 Å². The molecule has 40 heavy (non-hydrogen) atoms. The van der Waals surface area contributed by atoms with Crippen LogP contribution in [-0.2, 0) is 14.3 Å². The third-order valence-corrected chi connectivity index (χ3v) is 8.26. The van der Waals surface area contributed by atoms with Gasteiger partial charge in [-0.3, -0.25) is 14.2 Å². The molecular weight excluding hydrogens is 594 g/mol. The molecule has 2 aliphatic rings. The van der Waals surface area contributed by atoms with E-state index in [1.807, 2.05) is 42.5 Å². The van der Waals surface area contributed by atoms with Crippen molar-refractivity contribution in [3.63, 3.8) is 0 Å². The van der Waals surface area contributed by atoms with Gasteiger partial charge in [-0.05, 0) is 42.8 Å². The number of rotatable bonds is 5. The SMILES string of the molecule is CCOC(=O)C1=C(c2ccccc2)N=c2s/c(=C3\C(=O)Nc4ccc(Br)cc43)c(=O)n2[C@@H]1c1cccc(OC)c1. The molecule has 0 radical (unpaired) electrons. The van der Waals surface area contributed by atoms with Crippen LogP contribution in [0.3, 0.4) is 0 Å². The van der Waals surface area contributed by atoms with Crippen LogP contribution in [0.2, 0.25) is 0 Å². The summed E-state index contributed by atoms with van der Waals surface area (Å²) in [6.45, 7) is 1.88. The van der Waals surface area contributed by atoms with Crippen LogP contribution in [0.15, 0.2) is 92.6 Å². The number of anilines is 1. The number of carbonyl (C=O) groups excluding carboxylic acids is 2. The first kappa shape index (κ1) is 26.0. The molecule has 0 bridgehead atoms. The summed E-state index contributed by atoms with van der Waals surface area (Å²) in [5.74, 6) is -0.384. The Morgan fingerprint density at radius 3 is 2.62 bits per heavy atom. The molecule has 6 rings (SSSR count). The first-order chi connectivity index (χ1) is 19.4. The third-order valence-electron chi connectivity index (χ3n) is 6.71. The van der Waals surface area contributed by atoms with Crippen molar-refractivity contribution >= 4 is 56.1 Å². The second-order valence-corrected chi connectivity index (χ2v) is 10.9. The van der Waals surface area contributed by atoms with E-state index < -0.39 is 17.6 Å². The van der Waals surface area contributed by atoms with Gasteiger partial charge in [-0.15, -0.1) is 0 Å². The Morgan fingerprint density at radius 2 is 1.88 bits per heavy atom. The highest BCUT2D eigenvalue weighted by Gasteiger charge is 2.36. The molecule has 1 atom stereocenters. The van der Waals surface area contributed by atoms with E-state index in [-0.39, 0.29) is 28.2 Å². The Bertz CT molecular complexity index is 1910. The molecule has 1 aromatic heterocycles. The maximum Gasteiger partial charge on any atom is 0.338 e. The van der Waals surface area contributed by atoms with Gasteiger partial charge in [0.1, 0.15) is 10.3 Å². The second-order valence-electron chi connectivity index (χ2n) is 9.05. The van der Waals surface area contributed by atoms with Crippen molar-refractivity contribution in [2.24, 2.45) is 4.99 Å². The fourth-order valence-corrected chi connectivity index (χ4v) is 6.44. The van der Waals surface area contributed by atoms with Gasteiger partial charge < -0.3 is 14.8 Å². The molecule has 0 saturated carbocycles. The Labute approximate surface area is 241 Å². The van der Waals surface area contributed by atoms with Gasteiger partial charge in [-0.1, -0.05) is 69.7 Å². The molecule has 2 aliphatic heterocycles. The van der Waals surface area contributed by atoms with Crippen molar-refractivity contribution in [2.75, 3.05) is 19.0 Å². The zero-order valence-corrected chi connectivity index (χ0v) is 23.8. The van der Waals surface area contributed by atoms with Crippen LogP contribution in [-0.4, -0.2) is 30.2 Å². The minimum Gasteiger partial charge on any atom is -0.497 e. The topological polar surface area (TPSA) is 99.0 Å². The van der Waals surface area contributed by atoms with Gasteiger partial charge in [0.15, 0.2) is 4.80 Å². The summed E-state index contributed by atoms with van der Waals surface area (Å²) in [6.07, 6.45) is 0.